The normalized spacial score (nSPS) is 14.7. The molecular formula is C9H19NO5. The molecule has 6 heteroatoms. The van der Waals surface area contributed by atoms with Crippen LogP contribution in [-0.2, 0) is 19.3 Å². The van der Waals surface area contributed by atoms with Crippen LogP contribution in [0, 0.1) is 0 Å². The maximum atomic E-state index is 11.4. The molecule has 90 valence electrons. The van der Waals surface area contributed by atoms with Crippen molar-refractivity contribution in [2.75, 3.05) is 19.8 Å². The summed E-state index contributed by atoms with van der Waals surface area (Å²) in [6.45, 7) is 6.26. The van der Waals surface area contributed by atoms with Crippen LogP contribution in [0.25, 0.3) is 0 Å². The van der Waals surface area contributed by atoms with Gasteiger partial charge < -0.3 is 15.2 Å². The average molecular weight is 221 g/mol. The standard InChI is InChI=1S/C9H19NO5/c1-4-10-7(8(11)13-5-2)9(12)15-14-6-3/h7,9-10,12H,4-6H2,1-3H3/t7-,9?/m1/s1. The third-order valence-electron chi connectivity index (χ3n) is 1.53. The third kappa shape index (κ3) is 5.68. The molecule has 2 atom stereocenters. The van der Waals surface area contributed by atoms with Crippen molar-refractivity contribution >= 4 is 5.97 Å². The number of carbonyl (C=O) groups excluding carboxylic acids is 1. The van der Waals surface area contributed by atoms with Gasteiger partial charge >= 0.3 is 5.97 Å². The lowest BCUT2D eigenvalue weighted by atomic mass is 10.3. The van der Waals surface area contributed by atoms with Gasteiger partial charge in [-0.1, -0.05) is 6.92 Å². The molecule has 0 bridgehead atoms. The molecule has 0 aromatic heterocycles. The number of aliphatic hydroxyl groups is 1. The Kier molecular flexibility index (Phi) is 8.21. The first kappa shape index (κ1) is 14.3. The minimum absolute atomic E-state index is 0.252. The molecule has 0 aliphatic heterocycles. The van der Waals surface area contributed by atoms with Crippen LogP contribution >= 0.6 is 0 Å². The Morgan fingerprint density at radius 1 is 1.33 bits per heavy atom. The lowest BCUT2D eigenvalue weighted by Crippen LogP contribution is -2.48. The van der Waals surface area contributed by atoms with Gasteiger partial charge in [0.2, 0.25) is 6.29 Å². The summed E-state index contributed by atoms with van der Waals surface area (Å²) in [6, 6.07) is -0.929. The first-order valence-electron chi connectivity index (χ1n) is 5.03. The van der Waals surface area contributed by atoms with E-state index in [0.717, 1.165) is 0 Å². The number of hydrogen-bond acceptors (Lipinski definition) is 6. The summed E-state index contributed by atoms with van der Waals surface area (Å²) < 4.78 is 4.76. The number of likely N-dealkylation sites (N-methyl/N-ethyl adjacent to an activating group) is 1. The van der Waals surface area contributed by atoms with E-state index >= 15 is 0 Å². The van der Waals surface area contributed by atoms with Gasteiger partial charge in [0.25, 0.3) is 0 Å². The summed E-state index contributed by atoms with van der Waals surface area (Å²) in [5, 5.41) is 12.2. The van der Waals surface area contributed by atoms with Crippen molar-refractivity contribution in [3.63, 3.8) is 0 Å². The summed E-state index contributed by atoms with van der Waals surface area (Å²) in [5.41, 5.74) is 0. The smallest absolute Gasteiger partial charge is 0.328 e. The maximum Gasteiger partial charge on any atom is 0.328 e. The molecule has 6 nitrogen and oxygen atoms in total. The molecule has 0 aromatic rings. The molecule has 0 spiro atoms. The second kappa shape index (κ2) is 8.60. The van der Waals surface area contributed by atoms with Gasteiger partial charge in [0.05, 0.1) is 13.2 Å². The molecule has 0 aromatic carbocycles. The fourth-order valence-corrected chi connectivity index (χ4v) is 0.946. The fraction of sp³-hybridized carbons (Fsp3) is 0.889. The van der Waals surface area contributed by atoms with E-state index in [1.807, 2.05) is 0 Å². The molecule has 0 amide bonds. The van der Waals surface area contributed by atoms with E-state index in [0.29, 0.717) is 13.2 Å². The molecule has 0 heterocycles. The Labute approximate surface area is 89.4 Å². The van der Waals surface area contributed by atoms with Crippen LogP contribution in [0.3, 0.4) is 0 Å². The number of esters is 1. The zero-order chi connectivity index (χ0) is 11.7. The van der Waals surface area contributed by atoms with Crippen molar-refractivity contribution < 1.29 is 24.4 Å². The van der Waals surface area contributed by atoms with Gasteiger partial charge in [-0.25, -0.2) is 9.78 Å². The van der Waals surface area contributed by atoms with Crippen molar-refractivity contribution in [1.82, 2.24) is 5.32 Å². The van der Waals surface area contributed by atoms with Crippen LogP contribution in [0.1, 0.15) is 20.8 Å². The molecule has 0 fully saturated rings. The highest BCUT2D eigenvalue weighted by molar-refractivity contribution is 5.76. The third-order valence-corrected chi connectivity index (χ3v) is 1.53. The average Bonchev–Trinajstić information content (AvgIpc) is 2.22. The SMILES string of the molecule is CCN[C@H](C(=O)OCC)C(O)OOCC. The molecule has 0 saturated carbocycles. The van der Waals surface area contributed by atoms with Gasteiger partial charge in [0.1, 0.15) is 0 Å². The van der Waals surface area contributed by atoms with Crippen LogP contribution in [0.4, 0.5) is 0 Å². The largest absolute Gasteiger partial charge is 0.465 e. The topological polar surface area (TPSA) is 77.0 Å². The van der Waals surface area contributed by atoms with Gasteiger partial charge in [-0.2, -0.15) is 0 Å². The molecule has 0 aliphatic rings. The zero-order valence-electron chi connectivity index (χ0n) is 9.36. The Balaban J connectivity index is 4.16. The van der Waals surface area contributed by atoms with Crippen LogP contribution in [0.15, 0.2) is 0 Å². The first-order chi connectivity index (χ1) is 7.17. The molecule has 2 N–H and O–H groups in total. The minimum Gasteiger partial charge on any atom is -0.465 e. The number of aliphatic hydroxyl groups excluding tert-OH is 1. The Bertz CT molecular complexity index is 176. The number of nitrogens with one attached hydrogen (secondary N) is 1. The van der Waals surface area contributed by atoms with E-state index in [4.69, 9.17) is 4.74 Å². The number of hydrogen-bond donors (Lipinski definition) is 2. The predicted molar refractivity (Wildman–Crippen MR) is 52.8 cm³/mol. The van der Waals surface area contributed by atoms with Crippen LogP contribution < -0.4 is 5.32 Å². The lowest BCUT2D eigenvalue weighted by Gasteiger charge is -2.20. The molecule has 0 saturated heterocycles. The summed E-state index contributed by atoms with van der Waals surface area (Å²) in [7, 11) is 0. The number of carbonyl (C=O) groups is 1. The second-order valence-electron chi connectivity index (χ2n) is 2.68. The first-order valence-corrected chi connectivity index (χ1v) is 5.03. The van der Waals surface area contributed by atoms with Gasteiger partial charge in [0.15, 0.2) is 6.04 Å². The van der Waals surface area contributed by atoms with Crippen molar-refractivity contribution in [3.05, 3.63) is 0 Å². The molecular weight excluding hydrogens is 202 g/mol. The maximum absolute atomic E-state index is 11.4. The van der Waals surface area contributed by atoms with Crippen molar-refractivity contribution in [2.24, 2.45) is 0 Å². The van der Waals surface area contributed by atoms with Crippen LogP contribution in [-0.4, -0.2) is 43.2 Å². The Hall–Kier alpha value is -0.690. The zero-order valence-corrected chi connectivity index (χ0v) is 9.36. The fourth-order valence-electron chi connectivity index (χ4n) is 0.946. The summed E-state index contributed by atoms with van der Waals surface area (Å²) in [5.74, 6) is -0.563. The Morgan fingerprint density at radius 3 is 2.47 bits per heavy atom. The molecule has 0 rings (SSSR count). The highest BCUT2D eigenvalue weighted by atomic mass is 17.2. The summed E-state index contributed by atoms with van der Waals surface area (Å²) in [6.07, 6.45) is -1.37. The molecule has 15 heavy (non-hydrogen) atoms. The van der Waals surface area contributed by atoms with Gasteiger partial charge in [-0.05, 0) is 20.4 Å². The van der Waals surface area contributed by atoms with Gasteiger partial charge in [0, 0.05) is 0 Å². The number of rotatable bonds is 8. The Morgan fingerprint density at radius 2 is 2.00 bits per heavy atom. The molecule has 0 radical (unpaired) electrons. The highest BCUT2D eigenvalue weighted by Crippen LogP contribution is 2.00. The van der Waals surface area contributed by atoms with E-state index in [2.05, 4.69) is 15.1 Å². The molecule has 0 aliphatic carbocycles. The van der Waals surface area contributed by atoms with E-state index in [1.165, 1.54) is 0 Å². The van der Waals surface area contributed by atoms with Gasteiger partial charge in [-0.3, -0.25) is 4.79 Å². The molecule has 1 unspecified atom stereocenters. The summed E-state index contributed by atoms with van der Waals surface area (Å²) >= 11 is 0. The summed E-state index contributed by atoms with van der Waals surface area (Å²) in [4.78, 5) is 20.5. The minimum atomic E-state index is -1.37. The lowest BCUT2D eigenvalue weighted by molar-refractivity contribution is -0.371. The quantitative estimate of drug-likeness (QED) is 0.256. The van der Waals surface area contributed by atoms with Gasteiger partial charge in [-0.15, -0.1) is 0 Å². The van der Waals surface area contributed by atoms with E-state index < -0.39 is 18.3 Å². The second-order valence-corrected chi connectivity index (χ2v) is 2.68. The number of ether oxygens (including phenoxy) is 1. The van der Waals surface area contributed by atoms with Crippen LogP contribution in [0.5, 0.6) is 0 Å². The predicted octanol–water partition coefficient (Wildman–Crippen LogP) is -0.186. The highest BCUT2D eigenvalue weighted by Gasteiger charge is 2.28. The van der Waals surface area contributed by atoms with E-state index in [9.17, 15) is 9.90 Å². The van der Waals surface area contributed by atoms with Crippen LogP contribution in [0.2, 0.25) is 0 Å². The van der Waals surface area contributed by atoms with E-state index in [1.54, 1.807) is 20.8 Å². The monoisotopic (exact) mass is 221 g/mol. The van der Waals surface area contributed by atoms with Crippen molar-refractivity contribution in [2.45, 2.75) is 33.1 Å². The van der Waals surface area contributed by atoms with E-state index in [-0.39, 0.29) is 6.61 Å². The van der Waals surface area contributed by atoms with Crippen molar-refractivity contribution in [3.8, 4) is 0 Å². The van der Waals surface area contributed by atoms with Crippen molar-refractivity contribution in [1.29, 1.82) is 0 Å².